The van der Waals surface area contributed by atoms with Crippen LogP contribution in [-0.4, -0.2) is 10.9 Å². The van der Waals surface area contributed by atoms with Gasteiger partial charge in [-0.1, -0.05) is 35.6 Å². The lowest BCUT2D eigenvalue weighted by molar-refractivity contribution is 0.305. The molecule has 0 unspecified atom stereocenters. The smallest absolute Gasteiger partial charge is 0.139 e. The maximum atomic E-state index is 5.93. The molecule has 0 N–H and O–H groups in total. The second kappa shape index (κ2) is 7.79. The number of benzene rings is 1. The topological polar surface area (TPSA) is 22.1 Å². The first-order valence-corrected chi connectivity index (χ1v) is 7.06. The normalized spacial score (nSPS) is 9.70. The number of nitrogens with zero attached hydrogens (tertiary/aromatic N) is 1. The van der Waals surface area contributed by atoms with E-state index in [4.69, 9.17) is 27.9 Å². The number of pyridine rings is 1. The van der Waals surface area contributed by atoms with Crippen molar-refractivity contribution < 1.29 is 4.74 Å². The van der Waals surface area contributed by atoms with Crippen LogP contribution in [0.25, 0.3) is 0 Å². The summed E-state index contributed by atoms with van der Waals surface area (Å²) in [4.78, 5) is 4.11. The molecule has 2 nitrogen and oxygen atoms in total. The quantitative estimate of drug-likeness (QED) is 0.621. The Morgan fingerprint density at radius 1 is 1.20 bits per heavy atom. The third-order valence-electron chi connectivity index (χ3n) is 2.46. The van der Waals surface area contributed by atoms with Crippen molar-refractivity contribution in [2.75, 3.05) is 5.88 Å². The fourth-order valence-electron chi connectivity index (χ4n) is 1.57. The molecule has 0 atom stereocenters. The number of alkyl halides is 1. The summed E-state index contributed by atoms with van der Waals surface area (Å²) in [5, 5.41) is 0.699. The number of hydrogen-bond acceptors (Lipinski definition) is 2. The molecule has 2 rings (SSSR count). The van der Waals surface area contributed by atoms with Crippen LogP contribution in [0.1, 0.15) is 17.5 Å². The van der Waals surface area contributed by atoms with Gasteiger partial charge < -0.3 is 4.74 Å². The van der Waals surface area contributed by atoms with Crippen molar-refractivity contribution in [3.05, 3.63) is 58.9 Å². The minimum Gasteiger partial charge on any atom is -0.487 e. The molecule has 0 fully saturated rings. The van der Waals surface area contributed by atoms with Crippen LogP contribution in [0.3, 0.4) is 0 Å². The summed E-state index contributed by atoms with van der Waals surface area (Å²) in [7, 11) is 0. The number of hydrogen-bond donors (Lipinski definition) is 0. The largest absolute Gasteiger partial charge is 0.487 e. The van der Waals surface area contributed by atoms with Crippen molar-refractivity contribution in [1.29, 1.82) is 0 Å². The van der Waals surface area contributed by atoms with Crippen molar-refractivity contribution in [2.24, 2.45) is 0 Å². The van der Waals surface area contributed by atoms with E-state index in [1.807, 2.05) is 30.3 Å². The zero-order valence-electron chi connectivity index (χ0n) is 10.8. The van der Waals surface area contributed by atoms with E-state index in [9.17, 15) is 0 Å². The molecule has 0 spiro atoms. The molecule has 1 aromatic carbocycles. The Hall–Kier alpha value is -1.69. The SMILES string of the molecule is ClCCC#Cc1cncc(OCc2cccc(Cl)c2)c1. The Kier molecular flexibility index (Phi) is 5.73. The molecule has 0 bridgehead atoms. The Balaban J connectivity index is 2.00. The highest BCUT2D eigenvalue weighted by atomic mass is 35.5. The average Bonchev–Trinajstić information content (AvgIpc) is 2.46. The Bertz CT molecular complexity index is 632. The molecule has 0 saturated carbocycles. The van der Waals surface area contributed by atoms with Gasteiger partial charge in [0.05, 0.1) is 6.20 Å². The third-order valence-corrected chi connectivity index (χ3v) is 2.88. The van der Waals surface area contributed by atoms with Crippen LogP contribution < -0.4 is 4.74 Å². The molecule has 0 aliphatic carbocycles. The average molecular weight is 306 g/mol. The second-order valence-electron chi connectivity index (χ2n) is 4.07. The molecule has 0 saturated heterocycles. The van der Waals surface area contributed by atoms with Crippen molar-refractivity contribution >= 4 is 23.2 Å². The van der Waals surface area contributed by atoms with Crippen molar-refractivity contribution in [3.8, 4) is 17.6 Å². The minimum absolute atomic E-state index is 0.445. The maximum Gasteiger partial charge on any atom is 0.139 e. The highest BCUT2D eigenvalue weighted by Crippen LogP contribution is 2.15. The van der Waals surface area contributed by atoms with Crippen LogP contribution in [0.15, 0.2) is 42.7 Å². The molecule has 102 valence electrons. The van der Waals surface area contributed by atoms with Gasteiger partial charge in [0.1, 0.15) is 12.4 Å². The lowest BCUT2D eigenvalue weighted by Crippen LogP contribution is -1.96. The monoisotopic (exact) mass is 305 g/mol. The van der Waals surface area contributed by atoms with E-state index in [0.717, 1.165) is 11.1 Å². The van der Waals surface area contributed by atoms with Crippen LogP contribution in [0.5, 0.6) is 5.75 Å². The van der Waals surface area contributed by atoms with Crippen LogP contribution >= 0.6 is 23.2 Å². The van der Waals surface area contributed by atoms with Gasteiger partial charge in [0.25, 0.3) is 0 Å². The Labute approximate surface area is 128 Å². The fraction of sp³-hybridized carbons (Fsp3) is 0.188. The van der Waals surface area contributed by atoms with Crippen LogP contribution in [0.2, 0.25) is 5.02 Å². The van der Waals surface area contributed by atoms with Gasteiger partial charge in [0.2, 0.25) is 0 Å². The van der Waals surface area contributed by atoms with Crippen LogP contribution in [0.4, 0.5) is 0 Å². The van der Waals surface area contributed by atoms with Gasteiger partial charge in [0, 0.05) is 29.1 Å². The van der Waals surface area contributed by atoms with Crippen molar-refractivity contribution in [2.45, 2.75) is 13.0 Å². The number of ether oxygens (including phenoxy) is 1. The fourth-order valence-corrected chi connectivity index (χ4v) is 1.88. The first kappa shape index (κ1) is 14.7. The third kappa shape index (κ3) is 4.77. The standard InChI is InChI=1S/C16H13Cl2NO/c17-7-2-1-4-13-9-16(11-19-10-13)20-12-14-5-3-6-15(18)8-14/h3,5-6,8-11H,2,7,12H2. The first-order chi connectivity index (χ1) is 9.78. The molecule has 4 heteroatoms. The Morgan fingerprint density at radius 3 is 2.90 bits per heavy atom. The highest BCUT2D eigenvalue weighted by Gasteiger charge is 1.98. The highest BCUT2D eigenvalue weighted by molar-refractivity contribution is 6.30. The van der Waals surface area contributed by atoms with Gasteiger partial charge in [0.15, 0.2) is 0 Å². The second-order valence-corrected chi connectivity index (χ2v) is 4.88. The minimum atomic E-state index is 0.445. The number of aromatic nitrogens is 1. The predicted molar refractivity (Wildman–Crippen MR) is 82.2 cm³/mol. The lowest BCUT2D eigenvalue weighted by atomic mass is 10.2. The molecule has 20 heavy (non-hydrogen) atoms. The van der Waals surface area contributed by atoms with Gasteiger partial charge in [-0.15, -0.1) is 11.6 Å². The summed E-state index contributed by atoms with van der Waals surface area (Å²) >= 11 is 11.5. The molecular formula is C16H13Cl2NO. The van der Waals surface area contributed by atoms with E-state index in [-0.39, 0.29) is 0 Å². The summed E-state index contributed by atoms with van der Waals surface area (Å²) in [6.07, 6.45) is 4.03. The van der Waals surface area contributed by atoms with E-state index >= 15 is 0 Å². The van der Waals surface area contributed by atoms with E-state index in [2.05, 4.69) is 16.8 Å². The van der Waals surface area contributed by atoms with Gasteiger partial charge in [-0.05, 0) is 23.8 Å². The maximum absolute atomic E-state index is 5.93. The molecular weight excluding hydrogens is 293 g/mol. The summed E-state index contributed by atoms with van der Waals surface area (Å²) < 4.78 is 5.68. The number of halogens is 2. The van der Waals surface area contributed by atoms with Crippen molar-refractivity contribution in [1.82, 2.24) is 4.98 Å². The Morgan fingerprint density at radius 2 is 2.10 bits per heavy atom. The van der Waals surface area contributed by atoms with Gasteiger partial charge in [-0.25, -0.2) is 0 Å². The molecule has 0 radical (unpaired) electrons. The van der Waals surface area contributed by atoms with Crippen molar-refractivity contribution in [3.63, 3.8) is 0 Å². The molecule has 0 aliphatic rings. The summed E-state index contributed by atoms with van der Waals surface area (Å²) in [5.74, 6) is 7.18. The molecule has 0 aliphatic heterocycles. The molecule has 1 aromatic heterocycles. The molecule has 2 aromatic rings. The van der Waals surface area contributed by atoms with E-state index in [0.29, 0.717) is 29.7 Å². The molecule has 1 heterocycles. The predicted octanol–water partition coefficient (Wildman–Crippen LogP) is 4.29. The summed E-state index contributed by atoms with van der Waals surface area (Å²) in [6.45, 7) is 0.445. The van der Waals surface area contributed by atoms with Crippen LogP contribution in [-0.2, 0) is 6.61 Å². The zero-order valence-corrected chi connectivity index (χ0v) is 12.3. The first-order valence-electron chi connectivity index (χ1n) is 6.15. The molecule has 0 amide bonds. The zero-order chi connectivity index (χ0) is 14.2. The summed E-state index contributed by atoms with van der Waals surface area (Å²) in [6, 6.07) is 9.42. The van der Waals surface area contributed by atoms with Gasteiger partial charge in [-0.2, -0.15) is 0 Å². The van der Waals surface area contributed by atoms with E-state index < -0.39 is 0 Å². The lowest BCUT2D eigenvalue weighted by Gasteiger charge is -2.06. The van der Waals surface area contributed by atoms with Crippen LogP contribution in [0, 0.1) is 11.8 Å². The van der Waals surface area contributed by atoms with Gasteiger partial charge in [-0.3, -0.25) is 4.98 Å². The van der Waals surface area contributed by atoms with Gasteiger partial charge >= 0.3 is 0 Å². The van der Waals surface area contributed by atoms with E-state index in [1.54, 1.807) is 12.4 Å². The van der Waals surface area contributed by atoms with E-state index in [1.165, 1.54) is 0 Å². The number of rotatable bonds is 4. The summed E-state index contributed by atoms with van der Waals surface area (Å²) in [5.41, 5.74) is 1.83.